The van der Waals surface area contributed by atoms with E-state index in [2.05, 4.69) is 15.9 Å². The number of halogens is 4. The van der Waals surface area contributed by atoms with E-state index in [1.165, 1.54) is 0 Å². The first-order valence-electron chi connectivity index (χ1n) is 7.62. The molecule has 0 radical (unpaired) electrons. The number of carbonyl (C=O) groups is 2. The second-order valence-electron chi connectivity index (χ2n) is 5.09. The van der Waals surface area contributed by atoms with E-state index in [1.807, 2.05) is 66.8 Å². The fourth-order valence-corrected chi connectivity index (χ4v) is 3.22. The summed E-state index contributed by atoms with van der Waals surface area (Å²) in [6.07, 6.45) is 5.99. The van der Waals surface area contributed by atoms with Crippen LogP contribution in [-0.2, 0) is 30.9 Å². The Balaban J connectivity index is 0.000000480. The zero-order valence-corrected chi connectivity index (χ0v) is 21.4. The number of Topliss-reactive ketones (excluding diaryl/α,β-unsaturated/α-hetero) is 1. The van der Waals surface area contributed by atoms with E-state index in [1.54, 1.807) is 6.26 Å². The van der Waals surface area contributed by atoms with Gasteiger partial charge >= 0.3 is 161 Å². The van der Waals surface area contributed by atoms with Crippen LogP contribution in [0.1, 0.15) is 16.1 Å². The summed E-state index contributed by atoms with van der Waals surface area (Å²) in [5.74, 6) is -1.83. The summed E-state index contributed by atoms with van der Waals surface area (Å²) in [4.78, 5) is 21.1. The van der Waals surface area contributed by atoms with Crippen molar-refractivity contribution in [3.05, 3.63) is 85.8 Å². The maximum Gasteiger partial charge on any atom is 0.490 e. The van der Waals surface area contributed by atoms with Gasteiger partial charge in [-0.05, 0) is 0 Å². The molecule has 2 aromatic rings. The smallest absolute Gasteiger partial charge is 0.475 e. The van der Waals surface area contributed by atoms with Crippen molar-refractivity contribution in [2.24, 2.45) is 0 Å². The number of furan rings is 1. The topological polar surface area (TPSA) is 67.5 Å². The maximum absolute atomic E-state index is 12.2. The predicted octanol–water partition coefficient (Wildman–Crippen LogP) is 5.56. The van der Waals surface area contributed by atoms with E-state index in [-0.39, 0.29) is 31.9 Å². The first-order valence-corrected chi connectivity index (χ1v) is 11.2. The first-order chi connectivity index (χ1) is 13.1. The third-order valence-electron chi connectivity index (χ3n) is 2.96. The number of carbonyl (C=O) groups excluding carboxylic acids is 1. The minimum absolute atomic E-state index is 0.116. The molecule has 0 fully saturated rings. The number of ketones is 1. The quantitative estimate of drug-likeness (QED) is 0.201. The van der Waals surface area contributed by atoms with Crippen molar-refractivity contribution >= 4 is 33.8 Å². The van der Waals surface area contributed by atoms with Gasteiger partial charge in [-0.1, -0.05) is 0 Å². The van der Waals surface area contributed by atoms with Crippen molar-refractivity contribution < 1.29 is 58.4 Å². The average Bonchev–Trinajstić information content (AvgIpc) is 3.14. The molecule has 28 heavy (non-hydrogen) atoms. The summed E-state index contributed by atoms with van der Waals surface area (Å²) in [6, 6.07) is 11.2. The number of aliphatic carboxylic acids is 1. The zero-order chi connectivity index (χ0) is 21.2. The molecule has 143 valence electrons. The van der Waals surface area contributed by atoms with E-state index in [0.29, 0.717) is 0 Å². The van der Waals surface area contributed by atoms with E-state index in [9.17, 15) is 18.0 Å². The second-order valence-corrected chi connectivity index (χ2v) is 8.97. The van der Waals surface area contributed by atoms with Crippen molar-refractivity contribution in [1.29, 1.82) is 0 Å². The average molecular weight is 643 g/mol. The van der Waals surface area contributed by atoms with Gasteiger partial charge in [-0.25, -0.2) is 4.79 Å². The maximum atomic E-state index is 12.2. The zero-order valence-electron chi connectivity index (χ0n) is 14.3. The molecule has 2 rings (SSSR count). The van der Waals surface area contributed by atoms with E-state index in [0.717, 1.165) is 18.9 Å². The molecule has 0 amide bonds. The first kappa shape index (κ1) is 24.1. The van der Waals surface area contributed by atoms with Gasteiger partial charge in [-0.2, -0.15) is 13.2 Å². The number of allylic oxidation sites excluding steroid dienone is 5. The SMILES string of the molecule is O=C(/[C]([Hg])=C/C=C/C=C/c1ccco1)c1ccc(Br)cc1.O=C(O)C(F)(F)F. The third kappa shape index (κ3) is 9.32. The van der Waals surface area contributed by atoms with Gasteiger partial charge in [0.25, 0.3) is 0 Å². The van der Waals surface area contributed by atoms with Gasteiger partial charge in [0.2, 0.25) is 0 Å². The van der Waals surface area contributed by atoms with Gasteiger partial charge in [-0.15, -0.1) is 0 Å². The molecular weight excluding hydrogens is 630 g/mol. The molecular formula is C19H13BrF3HgO4. The molecule has 0 atom stereocenters. The van der Waals surface area contributed by atoms with Crippen molar-refractivity contribution in [1.82, 2.24) is 0 Å². The van der Waals surface area contributed by atoms with Crippen molar-refractivity contribution in [3.63, 3.8) is 0 Å². The number of hydrogen-bond acceptors (Lipinski definition) is 3. The van der Waals surface area contributed by atoms with Crippen LogP contribution in [0, 0.1) is 0 Å². The molecule has 0 aliphatic rings. The molecule has 4 nitrogen and oxygen atoms in total. The van der Waals surface area contributed by atoms with Gasteiger partial charge in [0, 0.05) is 0 Å². The minimum atomic E-state index is -5.08. The molecule has 0 bridgehead atoms. The molecule has 0 spiro atoms. The molecule has 0 saturated carbocycles. The normalized spacial score (nSPS) is 12.1. The van der Waals surface area contributed by atoms with Crippen LogP contribution < -0.4 is 0 Å². The third-order valence-corrected chi connectivity index (χ3v) is 5.66. The van der Waals surface area contributed by atoms with Gasteiger partial charge in [0.05, 0.1) is 0 Å². The molecule has 0 saturated heterocycles. The summed E-state index contributed by atoms with van der Waals surface area (Å²) in [7, 11) is 0. The Morgan fingerprint density at radius 1 is 1.07 bits per heavy atom. The Bertz CT molecular complexity index is 868. The fraction of sp³-hybridized carbons (Fsp3) is 0.0526. The monoisotopic (exact) mass is 643 g/mol. The van der Waals surface area contributed by atoms with Gasteiger partial charge in [-0.3, -0.25) is 0 Å². The Hall–Kier alpha value is -1.93. The molecule has 9 heteroatoms. The fourth-order valence-electron chi connectivity index (χ4n) is 1.63. The van der Waals surface area contributed by atoms with Crippen LogP contribution in [-0.4, -0.2) is 23.0 Å². The second kappa shape index (κ2) is 11.8. The van der Waals surface area contributed by atoms with Crippen LogP contribution in [0.15, 0.2) is 78.9 Å². The van der Waals surface area contributed by atoms with Gasteiger partial charge in [0.1, 0.15) is 0 Å². The summed E-state index contributed by atoms with van der Waals surface area (Å²) in [6.45, 7) is 0. The molecule has 1 aromatic carbocycles. The largest absolute Gasteiger partial charge is 0.490 e. The number of alkyl halides is 3. The Morgan fingerprint density at radius 2 is 1.68 bits per heavy atom. The molecule has 1 aromatic heterocycles. The summed E-state index contributed by atoms with van der Waals surface area (Å²) < 4.78 is 38.8. The van der Waals surface area contributed by atoms with Crippen LogP contribution in [0.3, 0.4) is 0 Å². The van der Waals surface area contributed by atoms with E-state index < -0.39 is 12.1 Å². The number of hydrogen-bond donors (Lipinski definition) is 1. The summed E-state index contributed by atoms with van der Waals surface area (Å²) in [5.41, 5.74) is 0.735. The number of carboxylic acids is 1. The van der Waals surface area contributed by atoms with Crippen molar-refractivity contribution in [2.45, 2.75) is 6.18 Å². The van der Waals surface area contributed by atoms with Crippen LogP contribution in [0.25, 0.3) is 6.08 Å². The van der Waals surface area contributed by atoms with Crippen LogP contribution in [0.2, 0.25) is 0 Å². The standard InChI is InChI=1S/C17H12BrO2.C2HF3O2.Hg/c18-15-11-9-14(10-12-15)17(19)8-4-2-1-3-6-16-7-5-13-20-16;3-2(4,5)1(6)7;/h1-7,9-13H;(H,6,7);/b2-1+,6-3+,8-4?;;. The van der Waals surface area contributed by atoms with E-state index >= 15 is 0 Å². The summed E-state index contributed by atoms with van der Waals surface area (Å²) in [5, 5.41) is 7.12. The van der Waals surface area contributed by atoms with Crippen LogP contribution >= 0.6 is 15.9 Å². The number of carboxylic acid groups (broad SMARTS) is 1. The summed E-state index contributed by atoms with van der Waals surface area (Å²) >= 11 is 3.64. The Kier molecular flexibility index (Phi) is 10.2. The van der Waals surface area contributed by atoms with E-state index in [4.69, 9.17) is 14.3 Å². The predicted molar refractivity (Wildman–Crippen MR) is 97.1 cm³/mol. The van der Waals surface area contributed by atoms with Crippen molar-refractivity contribution in [2.75, 3.05) is 0 Å². The Labute approximate surface area is 183 Å². The van der Waals surface area contributed by atoms with Gasteiger partial charge < -0.3 is 5.11 Å². The number of benzene rings is 1. The molecule has 0 aliphatic heterocycles. The minimum Gasteiger partial charge on any atom is -0.475 e. The van der Waals surface area contributed by atoms with Crippen molar-refractivity contribution in [3.8, 4) is 0 Å². The molecule has 0 aliphatic carbocycles. The number of rotatable bonds is 5. The molecule has 1 N–H and O–H groups in total. The van der Waals surface area contributed by atoms with Gasteiger partial charge in [0.15, 0.2) is 0 Å². The molecule has 0 unspecified atom stereocenters. The van der Waals surface area contributed by atoms with Crippen LogP contribution in [0.4, 0.5) is 13.2 Å². The van der Waals surface area contributed by atoms with Crippen LogP contribution in [0.5, 0.6) is 0 Å². The Morgan fingerprint density at radius 3 is 2.18 bits per heavy atom. The molecule has 1 heterocycles.